The molecule has 2 aliphatic carbocycles. The quantitative estimate of drug-likeness (QED) is 0.352. The van der Waals surface area contributed by atoms with E-state index in [2.05, 4.69) is 17.6 Å². The van der Waals surface area contributed by atoms with E-state index in [-0.39, 0.29) is 35.8 Å². The van der Waals surface area contributed by atoms with E-state index in [1.54, 1.807) is 0 Å². The molecule has 3 fully saturated rings. The number of carbonyl (C=O) groups excluding carboxylic acids is 1. The fourth-order valence-corrected chi connectivity index (χ4v) is 5.03. The van der Waals surface area contributed by atoms with Gasteiger partial charge < -0.3 is 15.5 Å². The van der Waals surface area contributed by atoms with E-state index in [9.17, 15) is 4.79 Å². The van der Waals surface area contributed by atoms with Gasteiger partial charge in [-0.25, -0.2) is 0 Å². The van der Waals surface area contributed by atoms with Crippen LogP contribution in [0, 0.1) is 23.7 Å². The molecule has 3 rings (SSSR count). The van der Waals surface area contributed by atoms with Gasteiger partial charge >= 0.3 is 0 Å². The van der Waals surface area contributed by atoms with E-state index in [0.29, 0.717) is 6.04 Å². The third-order valence-electron chi connectivity index (χ3n) is 6.33. The fourth-order valence-electron chi connectivity index (χ4n) is 5.03. The lowest BCUT2D eigenvalue weighted by atomic mass is 9.86. The molecule has 2 saturated carbocycles. The first-order valence-electron chi connectivity index (χ1n) is 10.4. The summed E-state index contributed by atoms with van der Waals surface area (Å²) >= 11 is 0. The third-order valence-corrected chi connectivity index (χ3v) is 6.33. The fraction of sp³-hybridized carbons (Fsp3) is 0.900. The summed E-state index contributed by atoms with van der Waals surface area (Å²) in [4.78, 5) is 18.9. The number of amides is 1. The first-order chi connectivity index (χ1) is 12.1. The van der Waals surface area contributed by atoms with Crippen LogP contribution in [0.5, 0.6) is 0 Å². The Bertz CT molecular complexity index is 496. The number of aliphatic imine (C=N–C) groups is 1. The molecular weight excluding hydrogens is 439 g/mol. The Morgan fingerprint density at radius 1 is 1.23 bits per heavy atom. The van der Waals surface area contributed by atoms with Gasteiger partial charge in [-0.3, -0.25) is 9.79 Å². The molecule has 3 aliphatic rings. The molecule has 4 atom stereocenters. The van der Waals surface area contributed by atoms with Crippen molar-refractivity contribution in [2.45, 2.75) is 65.3 Å². The van der Waals surface area contributed by atoms with E-state index in [1.807, 2.05) is 18.7 Å². The van der Waals surface area contributed by atoms with Crippen LogP contribution in [0.3, 0.4) is 0 Å². The maximum atomic E-state index is 12.1. The molecule has 1 amide bonds. The zero-order chi connectivity index (χ0) is 17.8. The van der Waals surface area contributed by atoms with E-state index in [1.165, 1.54) is 32.1 Å². The van der Waals surface area contributed by atoms with Gasteiger partial charge in [-0.1, -0.05) is 20.3 Å². The Morgan fingerprint density at radius 3 is 2.65 bits per heavy atom. The predicted molar refractivity (Wildman–Crippen MR) is 118 cm³/mol. The molecule has 1 aliphatic heterocycles. The minimum Gasteiger partial charge on any atom is -0.357 e. The Kier molecular flexibility index (Phi) is 8.48. The molecule has 26 heavy (non-hydrogen) atoms. The molecule has 0 radical (unpaired) electrons. The smallest absolute Gasteiger partial charge is 0.225 e. The highest BCUT2D eigenvalue weighted by Crippen LogP contribution is 2.49. The number of carbonyl (C=O) groups is 1. The number of halogens is 1. The van der Waals surface area contributed by atoms with Crippen molar-refractivity contribution in [3.8, 4) is 0 Å². The molecule has 0 spiro atoms. The molecule has 5 nitrogen and oxygen atoms in total. The van der Waals surface area contributed by atoms with Crippen molar-refractivity contribution in [2.24, 2.45) is 28.7 Å². The minimum atomic E-state index is 0. The summed E-state index contributed by atoms with van der Waals surface area (Å²) in [5, 5.41) is 6.92. The van der Waals surface area contributed by atoms with Crippen molar-refractivity contribution >= 4 is 35.8 Å². The van der Waals surface area contributed by atoms with Crippen molar-refractivity contribution in [3.63, 3.8) is 0 Å². The van der Waals surface area contributed by atoms with Crippen molar-refractivity contribution in [2.75, 3.05) is 26.2 Å². The lowest BCUT2D eigenvalue weighted by Gasteiger charge is -2.22. The molecule has 2 N–H and O–H groups in total. The second kappa shape index (κ2) is 10.1. The van der Waals surface area contributed by atoms with Crippen LogP contribution < -0.4 is 10.6 Å². The molecule has 0 aromatic rings. The summed E-state index contributed by atoms with van der Waals surface area (Å²) in [6.07, 6.45) is 8.10. The van der Waals surface area contributed by atoms with E-state index in [4.69, 9.17) is 4.99 Å². The molecule has 1 heterocycles. The van der Waals surface area contributed by atoms with Gasteiger partial charge in [0.15, 0.2) is 5.96 Å². The van der Waals surface area contributed by atoms with Crippen LogP contribution in [0.25, 0.3) is 0 Å². The van der Waals surface area contributed by atoms with Crippen molar-refractivity contribution in [3.05, 3.63) is 0 Å². The molecule has 150 valence electrons. The molecular formula is C20H37IN4O. The van der Waals surface area contributed by atoms with Crippen LogP contribution in [-0.4, -0.2) is 49.0 Å². The standard InChI is InChI=1S/C20H36N4O.HI/c1-4-21-20(22-9-7-17-12-15-5-6-16(17)11-15)23-18-8-10-24(13-18)19(25)14(2)3;/h14-18H,4-13H2,1-3H3,(H2,21,22,23);1H. The minimum absolute atomic E-state index is 0. The highest BCUT2D eigenvalue weighted by molar-refractivity contribution is 14.0. The number of rotatable bonds is 6. The zero-order valence-electron chi connectivity index (χ0n) is 16.7. The molecule has 1 saturated heterocycles. The predicted octanol–water partition coefficient (Wildman–Crippen LogP) is 3.24. The average molecular weight is 476 g/mol. The molecule has 6 heteroatoms. The summed E-state index contributed by atoms with van der Waals surface area (Å²) in [6.45, 7) is 9.52. The summed E-state index contributed by atoms with van der Waals surface area (Å²) in [5.41, 5.74) is 0. The van der Waals surface area contributed by atoms with Crippen molar-refractivity contribution in [1.82, 2.24) is 15.5 Å². The first kappa shape index (κ1) is 21.8. The van der Waals surface area contributed by atoms with Gasteiger partial charge in [0, 0.05) is 38.1 Å². The number of guanidine groups is 1. The normalized spacial score (nSPS) is 30.6. The maximum absolute atomic E-state index is 12.1. The molecule has 0 aromatic carbocycles. The highest BCUT2D eigenvalue weighted by atomic mass is 127. The van der Waals surface area contributed by atoms with Crippen LogP contribution in [0.1, 0.15) is 59.3 Å². The van der Waals surface area contributed by atoms with Crippen LogP contribution in [0.4, 0.5) is 0 Å². The van der Waals surface area contributed by atoms with Crippen LogP contribution in [0.15, 0.2) is 4.99 Å². The SMILES string of the molecule is CCNC(=NCCC1CC2CCC1C2)NC1CCN(C(=O)C(C)C)C1.I. The van der Waals surface area contributed by atoms with E-state index < -0.39 is 0 Å². The molecule has 2 bridgehead atoms. The molecule has 0 aromatic heterocycles. The number of fused-ring (bicyclic) bond motifs is 2. The summed E-state index contributed by atoms with van der Waals surface area (Å²) in [5.74, 6) is 4.20. The van der Waals surface area contributed by atoms with Gasteiger partial charge in [-0.2, -0.15) is 0 Å². The van der Waals surface area contributed by atoms with Crippen LogP contribution >= 0.6 is 24.0 Å². The second-order valence-electron chi connectivity index (χ2n) is 8.55. The Morgan fingerprint density at radius 2 is 2.04 bits per heavy atom. The average Bonchev–Trinajstić information content (AvgIpc) is 3.30. The van der Waals surface area contributed by atoms with E-state index in [0.717, 1.165) is 56.3 Å². The first-order valence-corrected chi connectivity index (χ1v) is 10.4. The summed E-state index contributed by atoms with van der Waals surface area (Å²) in [6, 6.07) is 0.322. The Labute approximate surface area is 176 Å². The van der Waals surface area contributed by atoms with E-state index >= 15 is 0 Å². The van der Waals surface area contributed by atoms with Crippen molar-refractivity contribution < 1.29 is 4.79 Å². The lowest BCUT2D eigenvalue weighted by Crippen LogP contribution is -2.45. The number of hydrogen-bond acceptors (Lipinski definition) is 2. The zero-order valence-corrected chi connectivity index (χ0v) is 19.0. The van der Waals surface area contributed by atoms with Gasteiger partial charge in [-0.05, 0) is 56.8 Å². The third kappa shape index (κ3) is 5.49. The largest absolute Gasteiger partial charge is 0.357 e. The van der Waals surface area contributed by atoms with Gasteiger partial charge in [0.1, 0.15) is 0 Å². The maximum Gasteiger partial charge on any atom is 0.225 e. The topological polar surface area (TPSA) is 56.7 Å². The Balaban J connectivity index is 0.00000243. The lowest BCUT2D eigenvalue weighted by molar-refractivity contribution is -0.133. The number of likely N-dealkylation sites (tertiary alicyclic amines) is 1. The summed E-state index contributed by atoms with van der Waals surface area (Å²) in [7, 11) is 0. The van der Waals surface area contributed by atoms with Crippen LogP contribution in [0.2, 0.25) is 0 Å². The van der Waals surface area contributed by atoms with Gasteiger partial charge in [0.25, 0.3) is 0 Å². The Hall–Kier alpha value is -0.530. The second-order valence-corrected chi connectivity index (χ2v) is 8.55. The number of hydrogen-bond donors (Lipinski definition) is 2. The number of nitrogens with one attached hydrogen (secondary N) is 2. The molecule has 4 unspecified atom stereocenters. The van der Waals surface area contributed by atoms with Crippen LogP contribution in [-0.2, 0) is 4.79 Å². The van der Waals surface area contributed by atoms with Crippen molar-refractivity contribution in [1.29, 1.82) is 0 Å². The monoisotopic (exact) mass is 476 g/mol. The number of nitrogens with zero attached hydrogens (tertiary/aromatic N) is 2. The highest BCUT2D eigenvalue weighted by Gasteiger charge is 2.38. The van der Waals surface area contributed by atoms with Gasteiger partial charge in [-0.15, -0.1) is 24.0 Å². The van der Waals surface area contributed by atoms with Gasteiger partial charge in [0.05, 0.1) is 0 Å². The summed E-state index contributed by atoms with van der Waals surface area (Å²) < 4.78 is 0. The van der Waals surface area contributed by atoms with Gasteiger partial charge in [0.2, 0.25) is 5.91 Å².